The molecule has 0 atom stereocenters. The lowest BCUT2D eigenvalue weighted by atomic mass is 10.1. The molecule has 1 aliphatic rings. The van der Waals surface area contributed by atoms with Gasteiger partial charge in [-0.2, -0.15) is 13.2 Å². The van der Waals surface area contributed by atoms with Crippen molar-refractivity contribution in [2.24, 2.45) is 0 Å². The number of nitrogens with one attached hydrogen (secondary N) is 1. The number of hydrogen-bond acceptors (Lipinski definition) is 5. The van der Waals surface area contributed by atoms with Crippen LogP contribution in [0, 0.1) is 0 Å². The minimum atomic E-state index is -4.34. The van der Waals surface area contributed by atoms with Crippen LogP contribution in [0.4, 0.5) is 18.9 Å². The molecule has 1 aliphatic heterocycles. The van der Waals surface area contributed by atoms with Gasteiger partial charge in [0.1, 0.15) is 5.01 Å². The van der Waals surface area contributed by atoms with E-state index < -0.39 is 11.7 Å². The molecule has 33 heavy (non-hydrogen) atoms. The minimum absolute atomic E-state index is 0.0998. The van der Waals surface area contributed by atoms with Crippen molar-refractivity contribution in [1.29, 1.82) is 0 Å². The molecule has 2 heterocycles. The predicted octanol–water partition coefficient (Wildman–Crippen LogP) is 5.24. The van der Waals surface area contributed by atoms with Gasteiger partial charge in [-0.05, 0) is 24.3 Å². The number of halogens is 4. The molecule has 1 saturated heterocycles. The summed E-state index contributed by atoms with van der Waals surface area (Å²) in [4.78, 5) is 21.3. The van der Waals surface area contributed by atoms with E-state index in [1.165, 1.54) is 23.5 Å². The number of hydrogen-bond donors (Lipinski definition) is 1. The summed E-state index contributed by atoms with van der Waals surface area (Å²) in [6, 6.07) is 12.2. The topological polar surface area (TPSA) is 48.5 Å². The molecule has 4 rings (SSSR count). The zero-order chi connectivity index (χ0) is 23.4. The fourth-order valence-electron chi connectivity index (χ4n) is 3.60. The molecular formula is C23H22ClF3N4OS. The van der Waals surface area contributed by atoms with Crippen molar-refractivity contribution in [3.8, 4) is 10.6 Å². The summed E-state index contributed by atoms with van der Waals surface area (Å²) in [7, 11) is 0. The second kappa shape index (κ2) is 10.2. The Kier molecular flexibility index (Phi) is 7.33. The molecule has 0 aliphatic carbocycles. The van der Waals surface area contributed by atoms with E-state index in [0.29, 0.717) is 34.4 Å². The SMILES string of the molecule is O=C(CN1CCN(Cc2csc(-c3ccc(C(F)(F)F)cc3)n2)CC1)Nc1ccccc1Cl. The van der Waals surface area contributed by atoms with Gasteiger partial charge < -0.3 is 5.32 Å². The summed E-state index contributed by atoms with van der Waals surface area (Å²) in [5.41, 5.74) is 1.50. The number of para-hydroxylation sites is 1. The Morgan fingerprint density at radius 2 is 1.70 bits per heavy atom. The van der Waals surface area contributed by atoms with Gasteiger partial charge in [-0.3, -0.25) is 14.6 Å². The summed E-state index contributed by atoms with van der Waals surface area (Å²) < 4.78 is 38.2. The fourth-order valence-corrected chi connectivity index (χ4v) is 4.60. The first-order chi connectivity index (χ1) is 15.8. The van der Waals surface area contributed by atoms with E-state index >= 15 is 0 Å². The summed E-state index contributed by atoms with van der Waals surface area (Å²) in [5.74, 6) is -0.0998. The summed E-state index contributed by atoms with van der Waals surface area (Å²) in [5, 5.41) is 5.99. The van der Waals surface area contributed by atoms with Crippen molar-refractivity contribution < 1.29 is 18.0 Å². The van der Waals surface area contributed by atoms with Gasteiger partial charge in [-0.1, -0.05) is 35.9 Å². The maximum Gasteiger partial charge on any atom is 0.416 e. The maximum atomic E-state index is 12.7. The molecule has 1 fully saturated rings. The fraction of sp³-hybridized carbons (Fsp3) is 0.304. The molecular weight excluding hydrogens is 473 g/mol. The van der Waals surface area contributed by atoms with Crippen LogP contribution in [-0.2, 0) is 17.5 Å². The smallest absolute Gasteiger partial charge is 0.324 e. The van der Waals surface area contributed by atoms with Crippen LogP contribution in [0.25, 0.3) is 10.6 Å². The first-order valence-electron chi connectivity index (χ1n) is 10.4. The average Bonchev–Trinajstić information content (AvgIpc) is 3.25. The lowest BCUT2D eigenvalue weighted by molar-refractivity contribution is -0.137. The predicted molar refractivity (Wildman–Crippen MR) is 124 cm³/mol. The number of benzene rings is 2. The number of carbonyl (C=O) groups is 1. The molecule has 5 nitrogen and oxygen atoms in total. The number of carbonyl (C=O) groups excluding carboxylic acids is 1. The first kappa shape index (κ1) is 23.7. The van der Waals surface area contributed by atoms with Gasteiger partial charge in [0.2, 0.25) is 5.91 Å². The van der Waals surface area contributed by atoms with Crippen LogP contribution in [-0.4, -0.2) is 53.4 Å². The molecule has 174 valence electrons. The van der Waals surface area contributed by atoms with Crippen molar-refractivity contribution >= 4 is 34.5 Å². The Morgan fingerprint density at radius 3 is 2.36 bits per heavy atom. The minimum Gasteiger partial charge on any atom is -0.324 e. The Labute approximate surface area is 198 Å². The number of nitrogens with zero attached hydrogens (tertiary/aromatic N) is 3. The van der Waals surface area contributed by atoms with Gasteiger partial charge in [0, 0.05) is 43.7 Å². The van der Waals surface area contributed by atoms with Crippen molar-refractivity contribution in [1.82, 2.24) is 14.8 Å². The number of alkyl halides is 3. The first-order valence-corrected chi connectivity index (χ1v) is 11.6. The van der Waals surface area contributed by atoms with Crippen molar-refractivity contribution in [2.45, 2.75) is 12.7 Å². The van der Waals surface area contributed by atoms with Gasteiger partial charge in [0.25, 0.3) is 0 Å². The van der Waals surface area contributed by atoms with Crippen LogP contribution in [0.1, 0.15) is 11.3 Å². The van der Waals surface area contributed by atoms with E-state index in [9.17, 15) is 18.0 Å². The highest BCUT2D eigenvalue weighted by Gasteiger charge is 2.30. The largest absolute Gasteiger partial charge is 0.416 e. The number of piperazine rings is 1. The molecule has 0 saturated carbocycles. The molecule has 10 heteroatoms. The molecule has 0 unspecified atom stereocenters. The van der Waals surface area contributed by atoms with Crippen LogP contribution < -0.4 is 5.32 Å². The molecule has 1 N–H and O–H groups in total. The molecule has 0 spiro atoms. The zero-order valence-electron chi connectivity index (χ0n) is 17.6. The lowest BCUT2D eigenvalue weighted by Crippen LogP contribution is -2.48. The number of thiazole rings is 1. The Morgan fingerprint density at radius 1 is 1.03 bits per heavy atom. The van der Waals surface area contributed by atoms with E-state index in [4.69, 9.17) is 11.6 Å². The van der Waals surface area contributed by atoms with Crippen molar-refractivity contribution in [3.63, 3.8) is 0 Å². The van der Waals surface area contributed by atoms with Crippen LogP contribution in [0.2, 0.25) is 5.02 Å². The monoisotopic (exact) mass is 494 g/mol. The summed E-state index contributed by atoms with van der Waals surface area (Å²) in [6.45, 7) is 4.07. The highest BCUT2D eigenvalue weighted by Crippen LogP contribution is 2.32. The van der Waals surface area contributed by atoms with E-state index in [0.717, 1.165) is 44.0 Å². The Bertz CT molecular complexity index is 1100. The zero-order valence-corrected chi connectivity index (χ0v) is 19.2. The van der Waals surface area contributed by atoms with Crippen molar-refractivity contribution in [3.05, 3.63) is 70.2 Å². The van der Waals surface area contributed by atoms with Gasteiger partial charge in [-0.15, -0.1) is 11.3 Å². The Balaban J connectivity index is 1.25. The molecule has 3 aromatic rings. The second-order valence-electron chi connectivity index (χ2n) is 7.80. The number of amides is 1. The van der Waals surface area contributed by atoms with Crippen molar-refractivity contribution in [2.75, 3.05) is 38.0 Å². The highest BCUT2D eigenvalue weighted by molar-refractivity contribution is 7.13. The summed E-state index contributed by atoms with van der Waals surface area (Å²) >= 11 is 7.51. The standard InChI is InChI=1S/C23H22ClF3N4OS/c24-19-3-1-2-4-20(19)29-21(32)14-31-11-9-30(10-12-31)13-18-15-33-22(28-18)16-5-7-17(8-6-16)23(25,26)27/h1-8,15H,9-14H2,(H,29,32). The average molecular weight is 495 g/mol. The van der Waals surface area contributed by atoms with Crippen LogP contribution in [0.15, 0.2) is 53.9 Å². The summed E-state index contributed by atoms with van der Waals surface area (Å²) in [6.07, 6.45) is -4.34. The van der Waals surface area contributed by atoms with E-state index in [-0.39, 0.29) is 5.91 Å². The third-order valence-electron chi connectivity index (χ3n) is 5.38. The number of anilines is 1. The van der Waals surface area contributed by atoms with Gasteiger partial charge in [0.15, 0.2) is 0 Å². The third kappa shape index (κ3) is 6.32. The quantitative estimate of drug-likeness (QED) is 0.509. The second-order valence-corrected chi connectivity index (χ2v) is 9.06. The Hall–Kier alpha value is -2.46. The maximum absolute atomic E-state index is 12.7. The molecule has 0 radical (unpaired) electrons. The van der Waals surface area contributed by atoms with E-state index in [1.807, 2.05) is 17.5 Å². The lowest BCUT2D eigenvalue weighted by Gasteiger charge is -2.33. The molecule has 0 bridgehead atoms. The van der Waals surface area contributed by atoms with Crippen LogP contribution in [0.5, 0.6) is 0 Å². The van der Waals surface area contributed by atoms with Crippen LogP contribution >= 0.6 is 22.9 Å². The number of aromatic nitrogens is 1. The van der Waals surface area contributed by atoms with Gasteiger partial charge in [0.05, 0.1) is 28.5 Å². The molecule has 2 aromatic carbocycles. The highest BCUT2D eigenvalue weighted by atomic mass is 35.5. The molecule has 1 amide bonds. The number of rotatable bonds is 6. The van der Waals surface area contributed by atoms with E-state index in [2.05, 4.69) is 20.1 Å². The normalized spacial score (nSPS) is 15.5. The van der Waals surface area contributed by atoms with Gasteiger partial charge >= 0.3 is 6.18 Å². The third-order valence-corrected chi connectivity index (χ3v) is 6.65. The van der Waals surface area contributed by atoms with E-state index in [1.54, 1.807) is 12.1 Å². The molecule has 1 aromatic heterocycles. The van der Waals surface area contributed by atoms with Gasteiger partial charge in [-0.25, -0.2) is 4.98 Å². The van der Waals surface area contributed by atoms with Crippen LogP contribution in [0.3, 0.4) is 0 Å².